The van der Waals surface area contributed by atoms with Gasteiger partial charge in [0.25, 0.3) is 11.7 Å². The molecule has 2 aromatic heterocycles. The maximum Gasteiger partial charge on any atom is 0.433 e. The highest BCUT2D eigenvalue weighted by Gasteiger charge is 2.51. The quantitative estimate of drug-likeness (QED) is 0.488. The molecule has 1 aromatic carbocycles. The molecule has 0 unspecified atom stereocenters. The molecule has 0 N–H and O–H groups in total. The van der Waals surface area contributed by atoms with E-state index in [0.717, 1.165) is 25.3 Å². The van der Waals surface area contributed by atoms with Gasteiger partial charge in [-0.2, -0.15) is 22.7 Å². The number of hydrogen-bond donors (Lipinski definition) is 0. The number of carbonyl (C=O) groups is 1. The molecule has 1 amide bonds. The molecule has 3 aromatic rings. The molecule has 1 aliphatic carbocycles. The van der Waals surface area contributed by atoms with Crippen molar-refractivity contribution in [1.29, 1.82) is 0 Å². The third-order valence-corrected chi connectivity index (χ3v) is 6.86. The first kappa shape index (κ1) is 22.1. The van der Waals surface area contributed by atoms with Crippen molar-refractivity contribution < 1.29 is 18.0 Å². The van der Waals surface area contributed by atoms with E-state index in [1.807, 2.05) is 0 Å². The van der Waals surface area contributed by atoms with Gasteiger partial charge in [-0.15, -0.1) is 5.10 Å². The van der Waals surface area contributed by atoms with Gasteiger partial charge in [-0.25, -0.2) is 4.98 Å². The van der Waals surface area contributed by atoms with Crippen molar-refractivity contribution in [2.45, 2.75) is 52.3 Å². The minimum absolute atomic E-state index is 0.0155. The number of carbonyl (C=O) groups excluding carboxylic acids is 1. The molecule has 1 aliphatic heterocycles. The zero-order valence-corrected chi connectivity index (χ0v) is 19.2. The Bertz CT molecular complexity index is 1250. The monoisotopic (exact) mass is 477 g/mol. The molecule has 174 valence electrons. The SMILES string of the molecule is CC1(C)C[C@@H]2C[C@@](C)(CN2C(=O)c2nc3nc(-c4ccc(Cl)cc4)cc(C(F)(F)F)n3n2)C1. The first-order valence-corrected chi connectivity index (χ1v) is 11.1. The van der Waals surface area contributed by atoms with Crippen LogP contribution in [0.15, 0.2) is 30.3 Å². The molecule has 6 nitrogen and oxygen atoms in total. The Morgan fingerprint density at radius 3 is 2.48 bits per heavy atom. The summed E-state index contributed by atoms with van der Waals surface area (Å²) >= 11 is 5.90. The van der Waals surface area contributed by atoms with E-state index in [9.17, 15) is 18.0 Å². The van der Waals surface area contributed by atoms with Gasteiger partial charge in [0.2, 0.25) is 5.82 Å². The van der Waals surface area contributed by atoms with E-state index in [-0.39, 0.29) is 34.2 Å². The molecule has 2 fully saturated rings. The molecule has 10 heteroatoms. The molecule has 1 saturated heterocycles. The molecule has 2 bridgehead atoms. The van der Waals surface area contributed by atoms with E-state index in [4.69, 9.17) is 11.6 Å². The van der Waals surface area contributed by atoms with Gasteiger partial charge in [-0.05, 0) is 48.3 Å². The predicted octanol–water partition coefficient (Wildman–Crippen LogP) is 5.50. The van der Waals surface area contributed by atoms with Crippen LogP contribution in [0.1, 0.15) is 56.3 Å². The Labute approximate surface area is 193 Å². The van der Waals surface area contributed by atoms with Crippen LogP contribution in [0.4, 0.5) is 13.2 Å². The average Bonchev–Trinajstić information content (AvgIpc) is 3.23. The normalized spacial score (nSPS) is 24.5. The van der Waals surface area contributed by atoms with Gasteiger partial charge in [0, 0.05) is 23.2 Å². The van der Waals surface area contributed by atoms with E-state index < -0.39 is 17.8 Å². The van der Waals surface area contributed by atoms with Crippen LogP contribution in [0.3, 0.4) is 0 Å². The Morgan fingerprint density at radius 1 is 1.12 bits per heavy atom. The largest absolute Gasteiger partial charge is 0.433 e. The van der Waals surface area contributed by atoms with Gasteiger partial charge in [0.05, 0.1) is 5.69 Å². The number of nitrogens with zero attached hydrogens (tertiary/aromatic N) is 5. The minimum atomic E-state index is -4.71. The molecule has 2 aliphatic rings. The fourth-order valence-corrected chi connectivity index (χ4v) is 5.88. The lowest BCUT2D eigenvalue weighted by atomic mass is 9.65. The number of aromatic nitrogens is 4. The van der Waals surface area contributed by atoms with Crippen molar-refractivity contribution in [2.75, 3.05) is 6.54 Å². The highest BCUT2D eigenvalue weighted by atomic mass is 35.5. The van der Waals surface area contributed by atoms with Crippen molar-refractivity contribution >= 4 is 23.3 Å². The molecule has 0 radical (unpaired) electrons. The summed E-state index contributed by atoms with van der Waals surface area (Å²) in [4.78, 5) is 23.5. The van der Waals surface area contributed by atoms with E-state index in [0.29, 0.717) is 21.6 Å². The first-order valence-electron chi connectivity index (χ1n) is 10.8. The molecule has 2 atom stereocenters. The van der Waals surface area contributed by atoms with Crippen LogP contribution in [0, 0.1) is 10.8 Å². The summed E-state index contributed by atoms with van der Waals surface area (Å²) in [5, 5.41) is 4.41. The van der Waals surface area contributed by atoms with E-state index in [2.05, 4.69) is 35.8 Å². The fourth-order valence-electron chi connectivity index (χ4n) is 5.76. The third-order valence-electron chi connectivity index (χ3n) is 6.61. The minimum Gasteiger partial charge on any atom is -0.332 e. The van der Waals surface area contributed by atoms with Crippen LogP contribution in [0.2, 0.25) is 5.02 Å². The Hall–Kier alpha value is -2.68. The van der Waals surface area contributed by atoms with Crippen LogP contribution < -0.4 is 0 Å². The Balaban J connectivity index is 1.56. The van der Waals surface area contributed by atoms with Crippen molar-refractivity contribution in [2.24, 2.45) is 10.8 Å². The van der Waals surface area contributed by atoms with Gasteiger partial charge in [0.1, 0.15) is 0 Å². The maximum absolute atomic E-state index is 13.9. The molecule has 1 saturated carbocycles. The first-order chi connectivity index (χ1) is 15.3. The Kier molecular flexibility index (Phi) is 4.80. The lowest BCUT2D eigenvalue weighted by molar-refractivity contribution is -0.142. The van der Waals surface area contributed by atoms with E-state index in [1.165, 1.54) is 0 Å². The lowest BCUT2D eigenvalue weighted by Crippen LogP contribution is -2.38. The van der Waals surface area contributed by atoms with Gasteiger partial charge < -0.3 is 4.90 Å². The second kappa shape index (κ2) is 7.16. The highest BCUT2D eigenvalue weighted by Crippen LogP contribution is 2.52. The number of rotatable bonds is 2. The number of fused-ring (bicyclic) bond motifs is 3. The number of alkyl halides is 3. The standard InChI is InChI=1S/C23H23ClF3N5O/c1-21(2)9-15-10-22(3,11-21)12-31(15)19(33)18-29-20-28-16(13-4-6-14(24)7-5-13)8-17(23(25,26)27)32(20)30-18/h4-8,15H,9-12H2,1-3H3/t15-,22-/m1/s1. The summed E-state index contributed by atoms with van der Waals surface area (Å²) in [5.41, 5.74) is -0.441. The average molecular weight is 478 g/mol. The summed E-state index contributed by atoms with van der Waals surface area (Å²) in [6.07, 6.45) is -2.00. The van der Waals surface area contributed by atoms with Gasteiger partial charge in [-0.3, -0.25) is 4.79 Å². The number of benzene rings is 1. The summed E-state index contributed by atoms with van der Waals surface area (Å²) in [6.45, 7) is 7.08. The Morgan fingerprint density at radius 2 is 1.82 bits per heavy atom. The summed E-state index contributed by atoms with van der Waals surface area (Å²) in [7, 11) is 0. The van der Waals surface area contributed by atoms with Crippen molar-refractivity contribution in [3.05, 3.63) is 46.9 Å². The third kappa shape index (κ3) is 3.96. The van der Waals surface area contributed by atoms with Crippen LogP contribution in [0.5, 0.6) is 0 Å². The molecular weight excluding hydrogens is 455 g/mol. The summed E-state index contributed by atoms with van der Waals surface area (Å²) in [5.74, 6) is -0.991. The van der Waals surface area contributed by atoms with Gasteiger partial charge in [0.15, 0.2) is 5.69 Å². The van der Waals surface area contributed by atoms with Crippen LogP contribution in [-0.2, 0) is 6.18 Å². The zero-order valence-electron chi connectivity index (χ0n) is 18.4. The number of halogens is 4. The number of amides is 1. The fraction of sp³-hybridized carbons (Fsp3) is 0.478. The second-order valence-corrected chi connectivity index (χ2v) is 10.8. The highest BCUT2D eigenvalue weighted by molar-refractivity contribution is 6.30. The second-order valence-electron chi connectivity index (χ2n) is 10.3. The van der Waals surface area contributed by atoms with Crippen molar-refractivity contribution in [3.63, 3.8) is 0 Å². The molecule has 3 heterocycles. The number of hydrogen-bond acceptors (Lipinski definition) is 4. The molecule has 5 rings (SSSR count). The zero-order chi connectivity index (χ0) is 23.8. The summed E-state index contributed by atoms with van der Waals surface area (Å²) in [6, 6.07) is 7.24. The topological polar surface area (TPSA) is 63.4 Å². The van der Waals surface area contributed by atoms with Crippen LogP contribution in [0.25, 0.3) is 17.0 Å². The molecule has 33 heavy (non-hydrogen) atoms. The number of likely N-dealkylation sites (tertiary alicyclic amines) is 1. The van der Waals surface area contributed by atoms with Crippen LogP contribution >= 0.6 is 11.6 Å². The van der Waals surface area contributed by atoms with Gasteiger partial charge >= 0.3 is 6.18 Å². The lowest BCUT2D eigenvalue weighted by Gasteiger charge is -2.39. The molecular formula is C23H23ClF3N5O. The van der Waals surface area contributed by atoms with Crippen LogP contribution in [-0.4, -0.2) is 43.0 Å². The maximum atomic E-state index is 13.9. The van der Waals surface area contributed by atoms with Crippen molar-refractivity contribution in [1.82, 2.24) is 24.5 Å². The van der Waals surface area contributed by atoms with Gasteiger partial charge in [-0.1, -0.05) is 44.5 Å². The van der Waals surface area contributed by atoms with Crippen molar-refractivity contribution in [3.8, 4) is 11.3 Å². The molecule has 0 spiro atoms. The smallest absolute Gasteiger partial charge is 0.332 e. The summed E-state index contributed by atoms with van der Waals surface area (Å²) < 4.78 is 42.2. The van der Waals surface area contributed by atoms with E-state index >= 15 is 0 Å². The van der Waals surface area contributed by atoms with E-state index in [1.54, 1.807) is 29.2 Å². The predicted molar refractivity (Wildman–Crippen MR) is 117 cm³/mol.